The van der Waals surface area contributed by atoms with Crippen molar-refractivity contribution in [2.24, 2.45) is 0 Å². The fourth-order valence-electron chi connectivity index (χ4n) is 5.11. The van der Waals surface area contributed by atoms with Crippen LogP contribution in [0.4, 0.5) is 0 Å². The van der Waals surface area contributed by atoms with Crippen LogP contribution in [0.15, 0.2) is 24.3 Å². The van der Waals surface area contributed by atoms with Gasteiger partial charge in [0.25, 0.3) is 7.82 Å². The van der Waals surface area contributed by atoms with E-state index in [1.165, 1.54) is 96.3 Å². The summed E-state index contributed by atoms with van der Waals surface area (Å²) < 4.78 is 23.0. The Morgan fingerprint density at radius 2 is 1.22 bits per heavy atom. The number of phosphoric acid groups is 1. The second-order valence-electron chi connectivity index (χ2n) is 13.9. The maximum Gasteiger partial charge on any atom is 0.268 e. The molecule has 0 aromatic heterocycles. The number of carbonyl (C=O) groups excluding carboxylic acids is 1. The Morgan fingerprint density at radius 1 is 0.739 bits per heavy atom. The molecule has 0 saturated heterocycles. The van der Waals surface area contributed by atoms with Crippen molar-refractivity contribution < 1.29 is 32.9 Å². The van der Waals surface area contributed by atoms with E-state index < -0.39 is 26.6 Å². The lowest BCUT2D eigenvalue weighted by Gasteiger charge is -2.29. The first-order valence-electron chi connectivity index (χ1n) is 18.7. The van der Waals surface area contributed by atoms with E-state index in [0.717, 1.165) is 38.5 Å². The van der Waals surface area contributed by atoms with E-state index in [9.17, 15) is 19.4 Å². The van der Waals surface area contributed by atoms with Crippen LogP contribution in [0.2, 0.25) is 0 Å². The van der Waals surface area contributed by atoms with Gasteiger partial charge in [-0.3, -0.25) is 9.36 Å². The summed E-state index contributed by atoms with van der Waals surface area (Å²) in [7, 11) is 1.24. The summed E-state index contributed by atoms with van der Waals surface area (Å²) in [4.78, 5) is 25.1. The van der Waals surface area contributed by atoms with Gasteiger partial charge in [0, 0.05) is 6.42 Å². The Bertz CT molecular complexity index is 814. The number of rotatable bonds is 33. The van der Waals surface area contributed by atoms with E-state index in [0.29, 0.717) is 17.4 Å². The van der Waals surface area contributed by atoms with Crippen LogP contribution in [0.3, 0.4) is 0 Å². The highest BCUT2D eigenvalue weighted by Gasteiger charge is 2.23. The smallest absolute Gasteiger partial charge is 0.268 e. The minimum absolute atomic E-state index is 0.00495. The fraction of sp³-hybridized carbons (Fsp3) is 0.865. The zero-order valence-corrected chi connectivity index (χ0v) is 31.4. The van der Waals surface area contributed by atoms with Crippen LogP contribution in [0.25, 0.3) is 0 Å². The van der Waals surface area contributed by atoms with Crippen LogP contribution in [0.5, 0.6) is 0 Å². The number of hydrogen-bond acceptors (Lipinski definition) is 6. The van der Waals surface area contributed by atoms with Gasteiger partial charge in [-0.2, -0.15) is 0 Å². The number of hydrogen-bond donors (Lipinski definition) is 2. The molecule has 0 aliphatic heterocycles. The highest BCUT2D eigenvalue weighted by Crippen LogP contribution is 2.38. The van der Waals surface area contributed by atoms with Crippen molar-refractivity contribution in [2.75, 3.05) is 40.9 Å². The lowest BCUT2D eigenvalue weighted by Crippen LogP contribution is -2.45. The van der Waals surface area contributed by atoms with Gasteiger partial charge in [-0.05, 0) is 32.1 Å². The topological polar surface area (TPSA) is 108 Å². The molecule has 0 bridgehead atoms. The molecule has 0 heterocycles. The summed E-state index contributed by atoms with van der Waals surface area (Å²) in [5.74, 6) is -0.210. The number of aliphatic hydroxyl groups is 1. The molecule has 0 saturated carbocycles. The van der Waals surface area contributed by atoms with Crippen molar-refractivity contribution in [3.8, 4) is 0 Å². The SMILES string of the molecule is CCCCCC/C=C/CC/C=C/C(O)C(COP(=O)([O-])OCC[N+](C)(C)C)NC(=O)CCCCCCCCCCCCCCCC. The van der Waals surface area contributed by atoms with E-state index in [2.05, 4.69) is 31.3 Å². The van der Waals surface area contributed by atoms with Crippen molar-refractivity contribution >= 4 is 13.7 Å². The molecule has 2 N–H and O–H groups in total. The van der Waals surface area contributed by atoms with Gasteiger partial charge in [-0.25, -0.2) is 0 Å². The van der Waals surface area contributed by atoms with Crippen molar-refractivity contribution in [3.05, 3.63) is 24.3 Å². The third-order valence-corrected chi connectivity index (χ3v) is 9.13. The summed E-state index contributed by atoms with van der Waals surface area (Å²) in [6.45, 7) is 4.56. The van der Waals surface area contributed by atoms with Gasteiger partial charge in [-0.1, -0.05) is 141 Å². The molecule has 0 aromatic carbocycles. The summed E-state index contributed by atoms with van der Waals surface area (Å²) >= 11 is 0. The van der Waals surface area contributed by atoms with Gasteiger partial charge in [0.15, 0.2) is 0 Å². The van der Waals surface area contributed by atoms with Crippen LogP contribution in [-0.4, -0.2) is 68.5 Å². The average molecular weight is 673 g/mol. The predicted molar refractivity (Wildman–Crippen MR) is 192 cm³/mol. The van der Waals surface area contributed by atoms with Gasteiger partial charge >= 0.3 is 0 Å². The molecule has 0 aliphatic carbocycles. The van der Waals surface area contributed by atoms with E-state index in [1.54, 1.807) is 6.08 Å². The summed E-state index contributed by atoms with van der Waals surface area (Å²) in [5, 5.41) is 13.6. The lowest BCUT2D eigenvalue weighted by atomic mass is 10.0. The number of allylic oxidation sites excluding steroid dienone is 3. The first kappa shape index (κ1) is 45.0. The third kappa shape index (κ3) is 31.6. The molecule has 0 rings (SSSR count). The van der Waals surface area contributed by atoms with Gasteiger partial charge in [0.05, 0.1) is 39.9 Å². The van der Waals surface area contributed by atoms with E-state index in [1.807, 2.05) is 27.2 Å². The molecule has 1 amide bonds. The second kappa shape index (κ2) is 30.1. The molecule has 272 valence electrons. The molecule has 0 fully saturated rings. The molecule has 3 unspecified atom stereocenters. The number of nitrogens with one attached hydrogen (secondary N) is 1. The fourth-order valence-corrected chi connectivity index (χ4v) is 5.83. The second-order valence-corrected chi connectivity index (χ2v) is 15.3. The van der Waals surface area contributed by atoms with Gasteiger partial charge < -0.3 is 28.8 Å². The van der Waals surface area contributed by atoms with Crippen LogP contribution in [0.1, 0.15) is 155 Å². The molecule has 0 aliphatic rings. The lowest BCUT2D eigenvalue weighted by molar-refractivity contribution is -0.870. The Balaban J connectivity index is 4.54. The van der Waals surface area contributed by atoms with Crippen LogP contribution in [0, 0.1) is 0 Å². The standard InChI is InChI=1S/C37H73N2O6P/c1-6-8-10-12-14-16-18-19-20-21-23-25-27-29-31-37(41)38-35(34-45-46(42,43)44-33-32-39(3,4)5)36(40)30-28-26-24-22-17-15-13-11-9-7-2/h17,22,28,30,35-36,40H,6-16,18-21,23-27,29,31-34H2,1-5H3,(H-,38,41,42,43)/b22-17+,30-28+. The summed E-state index contributed by atoms with van der Waals surface area (Å²) in [5.41, 5.74) is 0. The number of likely N-dealkylation sites (N-methyl/N-ethyl adjacent to an activating group) is 1. The van der Waals surface area contributed by atoms with E-state index in [-0.39, 0.29) is 12.5 Å². The summed E-state index contributed by atoms with van der Waals surface area (Å²) in [6.07, 6.45) is 32.2. The maximum atomic E-state index is 12.7. The molecule has 0 aromatic rings. The minimum Gasteiger partial charge on any atom is -0.756 e. The van der Waals surface area contributed by atoms with Gasteiger partial charge in [-0.15, -0.1) is 0 Å². The largest absolute Gasteiger partial charge is 0.756 e. The Kier molecular flexibility index (Phi) is 29.4. The monoisotopic (exact) mass is 673 g/mol. The zero-order chi connectivity index (χ0) is 34.4. The normalized spacial score (nSPS) is 15.0. The van der Waals surface area contributed by atoms with Crippen molar-refractivity contribution in [1.29, 1.82) is 0 Å². The van der Waals surface area contributed by atoms with Crippen molar-refractivity contribution in [1.82, 2.24) is 5.32 Å². The molecular weight excluding hydrogens is 599 g/mol. The highest BCUT2D eigenvalue weighted by molar-refractivity contribution is 7.45. The molecule has 8 nitrogen and oxygen atoms in total. The Morgan fingerprint density at radius 3 is 1.76 bits per heavy atom. The van der Waals surface area contributed by atoms with E-state index in [4.69, 9.17) is 9.05 Å². The highest BCUT2D eigenvalue weighted by atomic mass is 31.2. The van der Waals surface area contributed by atoms with Crippen LogP contribution < -0.4 is 10.2 Å². The number of nitrogens with zero attached hydrogens (tertiary/aromatic N) is 1. The number of amides is 1. The molecule has 0 spiro atoms. The average Bonchev–Trinajstić information content (AvgIpc) is 2.99. The van der Waals surface area contributed by atoms with Crippen molar-refractivity contribution in [2.45, 2.75) is 167 Å². The number of aliphatic hydroxyl groups excluding tert-OH is 1. The predicted octanol–water partition coefficient (Wildman–Crippen LogP) is 8.77. The van der Waals surface area contributed by atoms with Crippen molar-refractivity contribution in [3.63, 3.8) is 0 Å². The Hall–Kier alpha value is -1.02. The molecular formula is C37H73N2O6P. The first-order valence-corrected chi connectivity index (χ1v) is 20.2. The zero-order valence-electron chi connectivity index (χ0n) is 30.5. The third-order valence-electron chi connectivity index (χ3n) is 8.16. The first-order chi connectivity index (χ1) is 22.0. The number of quaternary nitrogens is 1. The molecule has 46 heavy (non-hydrogen) atoms. The maximum absolute atomic E-state index is 12.7. The summed E-state index contributed by atoms with van der Waals surface area (Å²) in [6, 6.07) is -0.895. The Labute approximate surface area is 284 Å². The van der Waals surface area contributed by atoms with Crippen LogP contribution >= 0.6 is 7.82 Å². The minimum atomic E-state index is -4.58. The number of phosphoric ester groups is 1. The van der Waals surface area contributed by atoms with Gasteiger partial charge in [0.2, 0.25) is 5.91 Å². The number of unbranched alkanes of at least 4 members (excludes halogenated alkanes) is 18. The van der Waals surface area contributed by atoms with E-state index >= 15 is 0 Å². The molecule has 0 radical (unpaired) electrons. The number of carbonyl (C=O) groups is 1. The van der Waals surface area contributed by atoms with Gasteiger partial charge in [0.1, 0.15) is 13.2 Å². The quantitative estimate of drug-likeness (QED) is 0.0312. The molecule has 9 heteroatoms. The molecule has 3 atom stereocenters. The van der Waals surface area contributed by atoms with Crippen LogP contribution in [-0.2, 0) is 18.4 Å².